The van der Waals surface area contributed by atoms with Gasteiger partial charge >= 0.3 is 6.09 Å². The first-order valence-corrected chi connectivity index (χ1v) is 7.88. The van der Waals surface area contributed by atoms with E-state index in [1.54, 1.807) is 23.2 Å². The Labute approximate surface area is 134 Å². The lowest BCUT2D eigenvalue weighted by molar-refractivity contribution is 0.0197. The van der Waals surface area contributed by atoms with E-state index >= 15 is 0 Å². The lowest BCUT2D eigenvalue weighted by Gasteiger charge is -2.33. The van der Waals surface area contributed by atoms with Crippen LogP contribution >= 0.6 is 0 Å². The molecule has 3 heterocycles. The SMILES string of the molecule is CC(C)(C)OC(=O)N1CCC[C@H](c2cc(=O)n3[nH]ccc3n2)C1. The van der Waals surface area contributed by atoms with E-state index in [1.165, 1.54) is 4.52 Å². The molecule has 1 atom stereocenters. The van der Waals surface area contributed by atoms with Crippen molar-refractivity contribution in [2.45, 2.75) is 45.1 Å². The van der Waals surface area contributed by atoms with Gasteiger partial charge in [0.1, 0.15) is 5.60 Å². The van der Waals surface area contributed by atoms with Crippen LogP contribution in [0.3, 0.4) is 0 Å². The standard InChI is InChI=1S/C16H22N4O3/c1-16(2,3)23-15(22)19-8-4-5-11(10-19)12-9-14(21)20-13(18-12)6-7-17-20/h6-7,9,11,17H,4-5,8,10H2,1-3H3/t11-/m0/s1. The van der Waals surface area contributed by atoms with Crippen LogP contribution in [0.5, 0.6) is 0 Å². The molecule has 2 aromatic rings. The van der Waals surface area contributed by atoms with E-state index in [4.69, 9.17) is 4.74 Å². The second-order valence-corrected chi connectivity index (χ2v) is 6.94. The molecule has 7 nitrogen and oxygen atoms in total. The maximum absolute atomic E-state index is 12.2. The number of hydrogen-bond acceptors (Lipinski definition) is 4. The molecule has 1 saturated heterocycles. The Hall–Kier alpha value is -2.31. The number of nitrogens with zero attached hydrogens (tertiary/aromatic N) is 3. The number of ether oxygens (including phenoxy) is 1. The average molecular weight is 318 g/mol. The van der Waals surface area contributed by atoms with Gasteiger partial charge in [-0.1, -0.05) is 0 Å². The van der Waals surface area contributed by atoms with Crippen molar-refractivity contribution in [2.75, 3.05) is 13.1 Å². The summed E-state index contributed by atoms with van der Waals surface area (Å²) in [5.74, 6) is 0.0591. The molecule has 0 saturated carbocycles. The Morgan fingerprint density at radius 3 is 2.96 bits per heavy atom. The molecule has 1 aliphatic heterocycles. The fraction of sp³-hybridized carbons (Fsp3) is 0.562. The first-order chi connectivity index (χ1) is 10.8. The van der Waals surface area contributed by atoms with Crippen LogP contribution in [0.15, 0.2) is 23.1 Å². The van der Waals surface area contributed by atoms with E-state index in [2.05, 4.69) is 10.1 Å². The number of likely N-dealkylation sites (tertiary alicyclic amines) is 1. The molecule has 1 amide bonds. The molecular weight excluding hydrogens is 296 g/mol. The lowest BCUT2D eigenvalue weighted by Crippen LogP contribution is -2.42. The maximum Gasteiger partial charge on any atom is 0.410 e. The minimum atomic E-state index is -0.509. The molecule has 0 bridgehead atoms. The number of hydrogen-bond donors (Lipinski definition) is 1. The van der Waals surface area contributed by atoms with Crippen molar-refractivity contribution in [1.29, 1.82) is 0 Å². The Bertz CT molecular complexity index is 771. The van der Waals surface area contributed by atoms with Crippen molar-refractivity contribution in [3.05, 3.63) is 34.4 Å². The summed E-state index contributed by atoms with van der Waals surface area (Å²) >= 11 is 0. The van der Waals surface area contributed by atoms with E-state index in [0.29, 0.717) is 18.7 Å². The monoisotopic (exact) mass is 318 g/mol. The van der Waals surface area contributed by atoms with E-state index in [1.807, 2.05) is 20.8 Å². The van der Waals surface area contributed by atoms with Crippen LogP contribution in [0.4, 0.5) is 4.79 Å². The molecule has 1 aliphatic rings. The average Bonchev–Trinajstić information content (AvgIpc) is 2.94. The molecule has 1 fully saturated rings. The van der Waals surface area contributed by atoms with Crippen LogP contribution in [0.2, 0.25) is 0 Å². The van der Waals surface area contributed by atoms with Gasteiger partial charge < -0.3 is 9.64 Å². The minimum Gasteiger partial charge on any atom is -0.444 e. The lowest BCUT2D eigenvalue weighted by atomic mass is 9.95. The summed E-state index contributed by atoms with van der Waals surface area (Å²) in [6.07, 6.45) is 3.16. The van der Waals surface area contributed by atoms with E-state index in [9.17, 15) is 9.59 Å². The highest BCUT2D eigenvalue weighted by Gasteiger charge is 2.29. The van der Waals surface area contributed by atoms with Crippen LogP contribution in [0.25, 0.3) is 5.65 Å². The van der Waals surface area contributed by atoms with Gasteiger partial charge in [-0.15, -0.1) is 0 Å². The third-order valence-corrected chi connectivity index (χ3v) is 3.89. The van der Waals surface area contributed by atoms with Crippen LogP contribution in [-0.2, 0) is 4.74 Å². The molecular formula is C16H22N4O3. The molecule has 124 valence electrons. The zero-order valence-electron chi connectivity index (χ0n) is 13.7. The van der Waals surface area contributed by atoms with Gasteiger partial charge in [-0.05, 0) is 33.6 Å². The Morgan fingerprint density at radius 1 is 1.43 bits per heavy atom. The number of amides is 1. The summed E-state index contributed by atoms with van der Waals surface area (Å²) in [5.41, 5.74) is 0.694. The van der Waals surface area contributed by atoms with E-state index in [0.717, 1.165) is 18.5 Å². The van der Waals surface area contributed by atoms with Crippen molar-refractivity contribution < 1.29 is 9.53 Å². The zero-order chi connectivity index (χ0) is 16.6. The molecule has 1 N–H and O–H groups in total. The van der Waals surface area contributed by atoms with E-state index < -0.39 is 5.60 Å². The van der Waals surface area contributed by atoms with Crippen LogP contribution in [0, 0.1) is 0 Å². The molecule has 0 aliphatic carbocycles. The fourth-order valence-corrected chi connectivity index (χ4v) is 2.87. The molecule has 23 heavy (non-hydrogen) atoms. The predicted octanol–water partition coefficient (Wildman–Crippen LogP) is 2.14. The van der Waals surface area contributed by atoms with Gasteiger partial charge in [-0.3, -0.25) is 9.89 Å². The summed E-state index contributed by atoms with van der Waals surface area (Å²) < 4.78 is 6.84. The summed E-state index contributed by atoms with van der Waals surface area (Å²) in [4.78, 5) is 30.6. The Morgan fingerprint density at radius 2 is 2.22 bits per heavy atom. The highest BCUT2D eigenvalue weighted by molar-refractivity contribution is 5.68. The van der Waals surface area contributed by atoms with Gasteiger partial charge in [0.2, 0.25) is 0 Å². The van der Waals surface area contributed by atoms with Gasteiger partial charge in [0.15, 0.2) is 5.65 Å². The predicted molar refractivity (Wildman–Crippen MR) is 85.6 cm³/mol. The van der Waals surface area contributed by atoms with Crippen molar-refractivity contribution in [3.8, 4) is 0 Å². The van der Waals surface area contributed by atoms with Crippen LogP contribution in [-0.4, -0.2) is 44.3 Å². The van der Waals surface area contributed by atoms with E-state index in [-0.39, 0.29) is 17.6 Å². The largest absolute Gasteiger partial charge is 0.444 e. The number of fused-ring (bicyclic) bond motifs is 1. The number of nitrogens with one attached hydrogen (secondary N) is 1. The zero-order valence-corrected chi connectivity index (χ0v) is 13.7. The van der Waals surface area contributed by atoms with Crippen molar-refractivity contribution in [3.63, 3.8) is 0 Å². The normalized spacial score (nSPS) is 19.1. The molecule has 3 rings (SSSR count). The summed E-state index contributed by atoms with van der Waals surface area (Å²) in [6, 6.07) is 3.31. The Balaban J connectivity index is 1.80. The molecule has 0 spiro atoms. The number of H-pyrrole nitrogens is 1. The van der Waals surface area contributed by atoms with Crippen LogP contribution < -0.4 is 5.56 Å². The smallest absolute Gasteiger partial charge is 0.410 e. The second kappa shape index (κ2) is 5.72. The number of carbonyl (C=O) groups is 1. The number of rotatable bonds is 1. The summed E-state index contributed by atoms with van der Waals surface area (Å²) in [5, 5.41) is 2.83. The minimum absolute atomic E-state index is 0.0591. The molecule has 0 aromatic carbocycles. The number of carbonyl (C=O) groups excluding carboxylic acids is 1. The molecule has 2 aromatic heterocycles. The van der Waals surface area contributed by atoms with Crippen LogP contribution in [0.1, 0.15) is 45.2 Å². The third-order valence-electron chi connectivity index (χ3n) is 3.89. The Kier molecular flexibility index (Phi) is 3.87. The highest BCUT2D eigenvalue weighted by Crippen LogP contribution is 2.26. The molecule has 0 unspecified atom stereocenters. The second-order valence-electron chi connectivity index (χ2n) is 6.94. The number of aromatic amines is 1. The van der Waals surface area contributed by atoms with Crippen molar-refractivity contribution in [2.24, 2.45) is 0 Å². The first kappa shape index (κ1) is 15.6. The van der Waals surface area contributed by atoms with Gasteiger partial charge in [0.25, 0.3) is 5.56 Å². The van der Waals surface area contributed by atoms with Gasteiger partial charge in [0.05, 0.1) is 5.69 Å². The first-order valence-electron chi connectivity index (χ1n) is 7.88. The molecule has 0 radical (unpaired) electrons. The molecule has 7 heteroatoms. The van der Waals surface area contributed by atoms with Gasteiger partial charge in [0, 0.05) is 37.3 Å². The number of aromatic nitrogens is 3. The summed E-state index contributed by atoms with van der Waals surface area (Å²) in [7, 11) is 0. The highest BCUT2D eigenvalue weighted by atomic mass is 16.6. The van der Waals surface area contributed by atoms with Crippen molar-refractivity contribution in [1.82, 2.24) is 19.5 Å². The van der Waals surface area contributed by atoms with Gasteiger partial charge in [-0.2, -0.15) is 0 Å². The topological polar surface area (TPSA) is 79.7 Å². The fourth-order valence-electron chi connectivity index (χ4n) is 2.87. The third kappa shape index (κ3) is 3.38. The maximum atomic E-state index is 12.2. The summed E-state index contributed by atoms with van der Waals surface area (Å²) in [6.45, 7) is 6.77. The quantitative estimate of drug-likeness (QED) is 0.873. The van der Waals surface area contributed by atoms with Crippen molar-refractivity contribution >= 4 is 11.7 Å². The van der Waals surface area contributed by atoms with Gasteiger partial charge in [-0.25, -0.2) is 14.3 Å². The number of piperidine rings is 1.